The highest BCUT2D eigenvalue weighted by molar-refractivity contribution is 8.03. The van der Waals surface area contributed by atoms with E-state index < -0.39 is 23.6 Å². The molecule has 1 fully saturated rings. The van der Waals surface area contributed by atoms with Gasteiger partial charge in [0.2, 0.25) is 0 Å². The maximum Gasteiger partial charge on any atom is 0.138 e. The van der Waals surface area contributed by atoms with Gasteiger partial charge < -0.3 is 30.9 Å². The lowest BCUT2D eigenvalue weighted by Gasteiger charge is -2.37. The van der Waals surface area contributed by atoms with Crippen molar-refractivity contribution in [2.45, 2.75) is 81.7 Å². The van der Waals surface area contributed by atoms with Crippen molar-refractivity contribution in [2.24, 2.45) is 4.99 Å². The van der Waals surface area contributed by atoms with Crippen LogP contribution >= 0.6 is 23.4 Å². The zero-order valence-electron chi connectivity index (χ0n) is 25.8. The monoisotopic (exact) mass is 644 g/mol. The molecule has 0 aliphatic carbocycles. The van der Waals surface area contributed by atoms with Crippen LogP contribution in [0.2, 0.25) is 5.02 Å². The van der Waals surface area contributed by atoms with Crippen LogP contribution < -0.4 is 10.6 Å². The van der Waals surface area contributed by atoms with Crippen molar-refractivity contribution in [2.75, 3.05) is 26.7 Å². The van der Waals surface area contributed by atoms with Crippen molar-refractivity contribution in [3.8, 4) is 12.3 Å². The highest BCUT2D eigenvalue weighted by Crippen LogP contribution is 2.44. The number of alkyl halides is 1. The molecule has 0 spiro atoms. The number of hydrogen-bond acceptors (Lipinski definition) is 8. The van der Waals surface area contributed by atoms with Gasteiger partial charge in [-0.25, -0.2) is 8.78 Å². The van der Waals surface area contributed by atoms with E-state index in [0.717, 1.165) is 11.5 Å². The number of fused-ring (bicyclic) bond motifs is 1. The van der Waals surface area contributed by atoms with E-state index in [4.69, 9.17) is 28.4 Å². The number of nitrogens with zero attached hydrogens (tertiary/aromatic N) is 3. The molecular formula is C33H43ClF2N6OS. The first-order valence-corrected chi connectivity index (χ1v) is 16.4. The van der Waals surface area contributed by atoms with Crippen LogP contribution in [-0.4, -0.2) is 82.4 Å². The fourth-order valence-electron chi connectivity index (χ4n) is 5.80. The molecule has 11 heteroatoms. The van der Waals surface area contributed by atoms with Gasteiger partial charge >= 0.3 is 0 Å². The van der Waals surface area contributed by atoms with E-state index in [-0.39, 0.29) is 34.6 Å². The normalized spacial score (nSPS) is 24.3. The Morgan fingerprint density at radius 2 is 2.16 bits per heavy atom. The largest absolute Gasteiger partial charge is 0.378 e. The average Bonchev–Trinajstić information content (AvgIpc) is 3.60. The Hall–Kier alpha value is -2.68. The molecule has 238 valence electrons. The predicted octanol–water partition coefficient (Wildman–Crippen LogP) is 5.79. The van der Waals surface area contributed by atoms with E-state index >= 15 is 0 Å². The van der Waals surface area contributed by atoms with E-state index in [2.05, 4.69) is 26.4 Å². The zero-order chi connectivity index (χ0) is 32.0. The number of aliphatic imine (C=N–C) groups is 1. The van der Waals surface area contributed by atoms with Crippen LogP contribution in [0.4, 0.5) is 8.78 Å². The summed E-state index contributed by atoms with van der Waals surface area (Å²) >= 11 is 8.25. The number of nitrogens with one attached hydrogen (secondary N) is 3. The molecule has 0 amide bonds. The Labute approximate surface area is 269 Å². The number of rotatable bonds is 14. The molecule has 3 aliphatic rings. The number of benzene rings is 1. The maximum absolute atomic E-state index is 14.1. The number of terminal acetylenes is 1. The van der Waals surface area contributed by atoms with Gasteiger partial charge in [0.15, 0.2) is 0 Å². The molecule has 0 radical (unpaired) electrons. The van der Waals surface area contributed by atoms with Crippen molar-refractivity contribution in [1.29, 1.82) is 5.41 Å². The standard InChI is InChI=1S/C33H43ClF2N6OS/c1-6-33(43,7-2)19-22(4)38-13-14-39-24-18-28-29(27(37)10-8-9-21(3)35)30(25-12-11-23(36)17-26(25)34)40-31(42(28)20-24)32-41(5)15-16-44-32/h1,8,10-12,15-17,21-22,24,30,32,37-39,43H,7,9,13-14,18-20H2,2-5H3/b10-8-,37-27?/t21?,22?,24-,30-,32?,33?/m0/s1. The third-order valence-electron chi connectivity index (χ3n) is 8.23. The van der Waals surface area contributed by atoms with Crippen molar-refractivity contribution < 1.29 is 13.9 Å². The summed E-state index contributed by atoms with van der Waals surface area (Å²) in [6.45, 7) is 7.42. The van der Waals surface area contributed by atoms with Crippen LogP contribution in [-0.2, 0) is 0 Å². The molecule has 1 aromatic rings. The van der Waals surface area contributed by atoms with E-state index in [1.54, 1.807) is 30.0 Å². The highest BCUT2D eigenvalue weighted by Gasteiger charge is 2.42. The summed E-state index contributed by atoms with van der Waals surface area (Å²) in [5, 5.41) is 28.9. The zero-order valence-corrected chi connectivity index (χ0v) is 27.4. The van der Waals surface area contributed by atoms with Gasteiger partial charge in [-0.1, -0.05) is 48.3 Å². The van der Waals surface area contributed by atoms with Gasteiger partial charge in [0.1, 0.15) is 34.8 Å². The van der Waals surface area contributed by atoms with E-state index in [1.165, 1.54) is 19.1 Å². The van der Waals surface area contributed by atoms with Crippen LogP contribution in [0.5, 0.6) is 0 Å². The van der Waals surface area contributed by atoms with E-state index in [0.29, 0.717) is 50.0 Å². The lowest BCUT2D eigenvalue weighted by atomic mass is 9.90. The third-order valence-corrected chi connectivity index (χ3v) is 9.63. The molecule has 44 heavy (non-hydrogen) atoms. The number of aliphatic hydroxyl groups is 1. The minimum absolute atomic E-state index is 0.0451. The fourth-order valence-corrected chi connectivity index (χ4v) is 7.05. The maximum atomic E-state index is 14.1. The van der Waals surface area contributed by atoms with Crippen LogP contribution in [0.3, 0.4) is 0 Å². The smallest absolute Gasteiger partial charge is 0.138 e. The van der Waals surface area contributed by atoms with E-state index in [9.17, 15) is 13.9 Å². The minimum Gasteiger partial charge on any atom is -0.378 e. The predicted molar refractivity (Wildman–Crippen MR) is 178 cm³/mol. The summed E-state index contributed by atoms with van der Waals surface area (Å²) in [6.07, 6.45) is 11.7. The second-order valence-corrected chi connectivity index (χ2v) is 13.1. The van der Waals surface area contributed by atoms with Crippen molar-refractivity contribution in [3.05, 3.63) is 69.6 Å². The summed E-state index contributed by atoms with van der Waals surface area (Å²) in [6, 6.07) is 3.79. The molecule has 0 aromatic heterocycles. The molecule has 6 atom stereocenters. The molecule has 3 heterocycles. The lowest BCUT2D eigenvalue weighted by Crippen LogP contribution is -2.46. The number of hydrogen-bond donors (Lipinski definition) is 4. The first-order chi connectivity index (χ1) is 21.0. The molecule has 4 rings (SSSR count). The SMILES string of the molecule is C#CC(O)(CC)CC(C)NCCN[C@H]1CC2=C(C(=N)/C=C\CC(C)F)[C@H](c3ccc(F)cc3Cl)N=C(C3SC=CN3C)N2C1. The van der Waals surface area contributed by atoms with Gasteiger partial charge in [-0.3, -0.25) is 4.99 Å². The molecule has 1 aromatic carbocycles. The van der Waals surface area contributed by atoms with Gasteiger partial charge in [-0.05, 0) is 50.3 Å². The summed E-state index contributed by atoms with van der Waals surface area (Å²) in [7, 11) is 2.00. The van der Waals surface area contributed by atoms with Crippen molar-refractivity contribution in [1.82, 2.24) is 20.4 Å². The minimum atomic E-state index is -1.11. The highest BCUT2D eigenvalue weighted by atomic mass is 35.5. The fraction of sp³-hybridized carbons (Fsp3) is 0.515. The Morgan fingerprint density at radius 1 is 1.39 bits per heavy atom. The van der Waals surface area contributed by atoms with Gasteiger partial charge in [0.05, 0.1) is 5.71 Å². The number of likely N-dealkylation sites (N-methyl/N-ethyl adjacent to an activating group) is 1. The van der Waals surface area contributed by atoms with Gasteiger partial charge in [-0.15, -0.1) is 6.42 Å². The van der Waals surface area contributed by atoms with E-state index in [1.807, 2.05) is 32.5 Å². The molecular weight excluding hydrogens is 602 g/mol. The Bertz CT molecular complexity index is 1370. The molecule has 4 N–H and O–H groups in total. The number of allylic oxidation sites excluding steroid dienone is 2. The molecule has 7 nitrogen and oxygen atoms in total. The molecule has 1 saturated heterocycles. The summed E-state index contributed by atoms with van der Waals surface area (Å²) in [5.74, 6) is 2.92. The van der Waals surface area contributed by atoms with Gasteiger partial charge in [0, 0.05) is 79.7 Å². The topological polar surface area (TPSA) is 87.0 Å². The van der Waals surface area contributed by atoms with Crippen molar-refractivity contribution in [3.63, 3.8) is 0 Å². The molecule has 4 unspecified atom stereocenters. The summed E-state index contributed by atoms with van der Waals surface area (Å²) < 4.78 is 27.7. The Kier molecular flexibility index (Phi) is 11.7. The number of thioether (sulfide) groups is 1. The third kappa shape index (κ3) is 8.12. The van der Waals surface area contributed by atoms with Crippen LogP contribution in [0.1, 0.15) is 58.1 Å². The first-order valence-electron chi connectivity index (χ1n) is 15.1. The van der Waals surface area contributed by atoms with Crippen LogP contribution in [0, 0.1) is 23.6 Å². The Balaban J connectivity index is 1.61. The summed E-state index contributed by atoms with van der Waals surface area (Å²) in [4.78, 5) is 9.52. The second kappa shape index (κ2) is 15.1. The molecule has 0 saturated carbocycles. The van der Waals surface area contributed by atoms with Crippen LogP contribution in [0.15, 0.2) is 58.2 Å². The number of amidine groups is 1. The van der Waals surface area contributed by atoms with Gasteiger partial charge in [-0.2, -0.15) is 0 Å². The van der Waals surface area contributed by atoms with Crippen molar-refractivity contribution >= 4 is 34.9 Å². The van der Waals surface area contributed by atoms with Crippen LogP contribution in [0.25, 0.3) is 0 Å². The average molecular weight is 645 g/mol. The molecule has 3 aliphatic heterocycles. The Morgan fingerprint density at radius 3 is 2.80 bits per heavy atom. The van der Waals surface area contributed by atoms with Gasteiger partial charge in [0.25, 0.3) is 0 Å². The first kappa shape index (κ1) is 34.2. The number of halogens is 3. The summed E-state index contributed by atoms with van der Waals surface area (Å²) in [5.41, 5.74) is 1.39. The molecule has 0 bridgehead atoms. The quantitative estimate of drug-likeness (QED) is 0.117. The second-order valence-electron chi connectivity index (χ2n) is 11.7. The lowest BCUT2D eigenvalue weighted by molar-refractivity contribution is 0.0777.